The van der Waals surface area contributed by atoms with Crippen LogP contribution in [0, 0.1) is 0 Å². The molecule has 0 spiro atoms. The number of rotatable bonds is 9. The molecule has 0 aliphatic carbocycles. The summed E-state index contributed by atoms with van der Waals surface area (Å²) in [7, 11) is 1.64. The average Bonchev–Trinajstić information content (AvgIpc) is 3.41. The highest BCUT2D eigenvalue weighted by atomic mass is 127. The first kappa shape index (κ1) is 24.5. The molecule has 6 nitrogen and oxygen atoms in total. The van der Waals surface area contributed by atoms with E-state index in [-0.39, 0.29) is 24.0 Å². The van der Waals surface area contributed by atoms with Crippen LogP contribution in [0.15, 0.2) is 64.2 Å². The number of halogens is 2. The standard InChI is InChI=1S/C21H24ClN3O3S.HI/c1-27-16-6-4-15(5-7-16)13-24-21(23-11-10-17-3-2-12-28-17)25-14-18(26)19-8-9-20(22)29-19;/h2-9,12,18,26H,10-11,13-14H2,1H3,(H2,23,24,25);1H. The van der Waals surface area contributed by atoms with Gasteiger partial charge >= 0.3 is 0 Å². The molecule has 0 aliphatic rings. The van der Waals surface area contributed by atoms with E-state index in [0.717, 1.165) is 28.4 Å². The first-order chi connectivity index (χ1) is 14.1. The predicted molar refractivity (Wildman–Crippen MR) is 132 cm³/mol. The number of aliphatic imine (C=N–C) groups is 1. The molecular formula is C21H25ClIN3O3S. The van der Waals surface area contributed by atoms with Crippen molar-refractivity contribution in [2.45, 2.75) is 19.1 Å². The van der Waals surface area contributed by atoms with E-state index >= 15 is 0 Å². The molecule has 0 saturated carbocycles. The number of aliphatic hydroxyl groups is 1. The Morgan fingerprint density at radius 1 is 1.20 bits per heavy atom. The second kappa shape index (κ2) is 12.8. The molecule has 0 aliphatic heterocycles. The molecule has 1 atom stereocenters. The minimum atomic E-state index is -0.662. The molecule has 0 amide bonds. The van der Waals surface area contributed by atoms with Gasteiger partial charge in [0.05, 0.1) is 24.3 Å². The van der Waals surface area contributed by atoms with Crippen molar-refractivity contribution in [3.8, 4) is 5.75 Å². The van der Waals surface area contributed by atoms with Gasteiger partial charge in [-0.1, -0.05) is 23.7 Å². The zero-order chi connectivity index (χ0) is 20.5. The Balaban J connectivity index is 0.00000320. The van der Waals surface area contributed by atoms with Crippen molar-refractivity contribution in [3.05, 3.63) is 75.3 Å². The number of methoxy groups -OCH3 is 1. The van der Waals surface area contributed by atoms with Gasteiger partial charge in [-0.3, -0.25) is 0 Å². The number of hydrogen-bond donors (Lipinski definition) is 3. The van der Waals surface area contributed by atoms with E-state index in [1.54, 1.807) is 19.4 Å². The van der Waals surface area contributed by atoms with Crippen LogP contribution >= 0.6 is 46.9 Å². The van der Waals surface area contributed by atoms with Gasteiger partial charge in [-0.25, -0.2) is 4.99 Å². The number of ether oxygens (including phenoxy) is 1. The molecule has 30 heavy (non-hydrogen) atoms. The quantitative estimate of drug-likeness (QED) is 0.202. The summed E-state index contributed by atoms with van der Waals surface area (Å²) < 4.78 is 11.2. The summed E-state index contributed by atoms with van der Waals surface area (Å²) >= 11 is 7.33. The van der Waals surface area contributed by atoms with Crippen LogP contribution in [0.3, 0.4) is 0 Å². The van der Waals surface area contributed by atoms with Crippen molar-refractivity contribution < 1.29 is 14.3 Å². The van der Waals surface area contributed by atoms with Crippen LogP contribution in [0.25, 0.3) is 0 Å². The van der Waals surface area contributed by atoms with Gasteiger partial charge in [0.25, 0.3) is 0 Å². The SMILES string of the molecule is COc1ccc(CN=C(NCCc2ccco2)NCC(O)c2ccc(Cl)s2)cc1.I. The molecule has 3 aromatic rings. The van der Waals surface area contributed by atoms with Crippen LogP contribution in [-0.2, 0) is 13.0 Å². The Morgan fingerprint density at radius 3 is 2.63 bits per heavy atom. The Kier molecular flexibility index (Phi) is 10.5. The topological polar surface area (TPSA) is 79.0 Å². The van der Waals surface area contributed by atoms with Gasteiger partial charge in [0.1, 0.15) is 17.6 Å². The zero-order valence-corrected chi connectivity index (χ0v) is 20.4. The second-order valence-electron chi connectivity index (χ2n) is 6.31. The van der Waals surface area contributed by atoms with E-state index in [2.05, 4.69) is 15.6 Å². The highest BCUT2D eigenvalue weighted by molar-refractivity contribution is 14.0. The molecular weight excluding hydrogens is 537 g/mol. The largest absolute Gasteiger partial charge is 0.497 e. The summed E-state index contributed by atoms with van der Waals surface area (Å²) in [6, 6.07) is 15.2. The van der Waals surface area contributed by atoms with Gasteiger partial charge in [-0.15, -0.1) is 35.3 Å². The fourth-order valence-corrected chi connectivity index (χ4v) is 3.68. The number of aliphatic hydroxyl groups excluding tert-OH is 1. The van der Waals surface area contributed by atoms with E-state index in [4.69, 9.17) is 20.8 Å². The molecule has 0 fully saturated rings. The fraction of sp³-hybridized carbons (Fsp3) is 0.286. The van der Waals surface area contributed by atoms with E-state index in [1.807, 2.05) is 42.5 Å². The van der Waals surface area contributed by atoms with Crippen molar-refractivity contribution in [2.75, 3.05) is 20.2 Å². The lowest BCUT2D eigenvalue weighted by Crippen LogP contribution is -2.40. The van der Waals surface area contributed by atoms with Gasteiger partial charge in [-0.05, 0) is 42.0 Å². The highest BCUT2D eigenvalue weighted by Gasteiger charge is 2.11. The van der Waals surface area contributed by atoms with Gasteiger partial charge in [0.2, 0.25) is 0 Å². The lowest BCUT2D eigenvalue weighted by atomic mass is 10.2. The van der Waals surface area contributed by atoms with Crippen LogP contribution < -0.4 is 15.4 Å². The third-order valence-electron chi connectivity index (χ3n) is 4.21. The molecule has 3 N–H and O–H groups in total. The summed E-state index contributed by atoms with van der Waals surface area (Å²) in [6.45, 7) is 1.48. The van der Waals surface area contributed by atoms with Crippen LogP contribution in [0.5, 0.6) is 5.75 Å². The lowest BCUT2D eigenvalue weighted by molar-refractivity contribution is 0.184. The van der Waals surface area contributed by atoms with Gasteiger partial charge in [0, 0.05) is 24.4 Å². The predicted octanol–water partition coefficient (Wildman–Crippen LogP) is 4.63. The van der Waals surface area contributed by atoms with Crippen molar-refractivity contribution in [1.82, 2.24) is 10.6 Å². The normalized spacial score (nSPS) is 12.2. The first-order valence-corrected chi connectivity index (χ1v) is 10.4. The van der Waals surface area contributed by atoms with Crippen LogP contribution in [0.4, 0.5) is 0 Å². The molecule has 2 heterocycles. The van der Waals surface area contributed by atoms with E-state index in [9.17, 15) is 5.11 Å². The number of thiophene rings is 1. The van der Waals surface area contributed by atoms with E-state index in [1.165, 1.54) is 11.3 Å². The van der Waals surface area contributed by atoms with Crippen molar-refractivity contribution in [2.24, 2.45) is 4.99 Å². The lowest BCUT2D eigenvalue weighted by Gasteiger charge is -2.15. The molecule has 9 heteroatoms. The zero-order valence-electron chi connectivity index (χ0n) is 16.5. The number of guanidine groups is 1. The Morgan fingerprint density at radius 2 is 2.00 bits per heavy atom. The van der Waals surface area contributed by atoms with Crippen molar-refractivity contribution in [1.29, 1.82) is 0 Å². The summed E-state index contributed by atoms with van der Waals surface area (Å²) in [6.07, 6.45) is 1.74. The third-order valence-corrected chi connectivity index (χ3v) is 5.54. The Bertz CT molecular complexity index is 901. The number of nitrogens with zero attached hydrogens (tertiary/aromatic N) is 1. The summed E-state index contributed by atoms with van der Waals surface area (Å²) in [4.78, 5) is 5.44. The molecule has 0 bridgehead atoms. The van der Waals surface area contributed by atoms with Crippen LogP contribution in [-0.4, -0.2) is 31.3 Å². The smallest absolute Gasteiger partial charge is 0.191 e. The monoisotopic (exact) mass is 561 g/mol. The maximum absolute atomic E-state index is 10.4. The number of hydrogen-bond acceptors (Lipinski definition) is 5. The summed E-state index contributed by atoms with van der Waals surface area (Å²) in [5, 5.41) is 16.9. The summed E-state index contributed by atoms with van der Waals surface area (Å²) in [5.74, 6) is 2.33. The Hall–Kier alpha value is -1.75. The number of nitrogens with one attached hydrogen (secondary N) is 2. The maximum Gasteiger partial charge on any atom is 0.191 e. The molecule has 1 unspecified atom stereocenters. The van der Waals surface area contributed by atoms with Gasteiger partial charge in [0.15, 0.2) is 5.96 Å². The van der Waals surface area contributed by atoms with Gasteiger partial charge in [-0.2, -0.15) is 0 Å². The summed E-state index contributed by atoms with van der Waals surface area (Å²) in [5.41, 5.74) is 1.06. The molecule has 3 rings (SSSR count). The molecule has 162 valence electrons. The van der Waals surface area contributed by atoms with Crippen LogP contribution in [0.1, 0.15) is 22.3 Å². The number of furan rings is 1. The van der Waals surface area contributed by atoms with Gasteiger partial charge < -0.3 is 24.9 Å². The molecule has 0 radical (unpaired) electrons. The first-order valence-electron chi connectivity index (χ1n) is 9.25. The van der Waals surface area contributed by atoms with E-state index < -0.39 is 6.10 Å². The number of benzene rings is 1. The second-order valence-corrected chi connectivity index (χ2v) is 8.05. The Labute approximate surface area is 202 Å². The highest BCUT2D eigenvalue weighted by Crippen LogP contribution is 2.26. The molecule has 2 aromatic heterocycles. The fourth-order valence-electron chi connectivity index (χ4n) is 2.64. The third kappa shape index (κ3) is 7.82. The minimum absolute atomic E-state index is 0. The average molecular weight is 562 g/mol. The molecule has 1 aromatic carbocycles. The van der Waals surface area contributed by atoms with E-state index in [0.29, 0.717) is 29.9 Å². The molecule has 0 saturated heterocycles. The van der Waals surface area contributed by atoms with Crippen LogP contribution in [0.2, 0.25) is 4.34 Å². The maximum atomic E-state index is 10.4. The van der Waals surface area contributed by atoms with Crippen molar-refractivity contribution >= 4 is 52.9 Å². The minimum Gasteiger partial charge on any atom is -0.497 e. The van der Waals surface area contributed by atoms with Crippen molar-refractivity contribution in [3.63, 3.8) is 0 Å².